The minimum absolute atomic E-state index is 0.00838. The van der Waals surface area contributed by atoms with Gasteiger partial charge in [-0.05, 0) is 30.3 Å². The second-order valence-electron chi connectivity index (χ2n) is 5.84. The number of hydrogen-bond acceptors (Lipinski definition) is 3. The largest absolute Gasteiger partial charge is 0.378 e. The predicted molar refractivity (Wildman–Crippen MR) is 101 cm³/mol. The van der Waals surface area contributed by atoms with E-state index in [0.29, 0.717) is 37.0 Å². The van der Waals surface area contributed by atoms with Gasteiger partial charge in [0.1, 0.15) is 5.69 Å². The molecule has 1 aliphatic rings. The molecule has 4 rings (SSSR count). The number of nitrogens with one attached hydrogen (secondary N) is 1. The van der Waals surface area contributed by atoms with Crippen molar-refractivity contribution in [1.82, 2.24) is 9.88 Å². The first-order valence-corrected chi connectivity index (χ1v) is 9.33. The first-order chi connectivity index (χ1) is 12.2. The molecule has 0 unspecified atom stereocenters. The number of morpholine rings is 1. The number of nitrogens with zero attached hydrogens (tertiary/aromatic N) is 1. The molecular weight excluding hydrogens is 356 g/mol. The Bertz CT molecular complexity index is 904. The van der Waals surface area contributed by atoms with Gasteiger partial charge in [0, 0.05) is 33.9 Å². The van der Waals surface area contributed by atoms with E-state index in [2.05, 4.69) is 4.98 Å². The Morgan fingerprint density at radius 3 is 2.64 bits per heavy atom. The van der Waals surface area contributed by atoms with E-state index >= 15 is 0 Å². The second kappa shape index (κ2) is 7.12. The first kappa shape index (κ1) is 16.5. The number of fused-ring (bicyclic) bond motifs is 1. The number of carbonyl (C=O) groups is 1. The van der Waals surface area contributed by atoms with E-state index in [4.69, 9.17) is 16.3 Å². The van der Waals surface area contributed by atoms with Crippen LogP contribution in [0.15, 0.2) is 58.3 Å². The van der Waals surface area contributed by atoms with Crippen LogP contribution >= 0.6 is 23.4 Å². The number of carbonyl (C=O) groups excluding carboxylic acids is 1. The van der Waals surface area contributed by atoms with E-state index in [0.717, 1.165) is 20.7 Å². The van der Waals surface area contributed by atoms with Crippen molar-refractivity contribution in [1.29, 1.82) is 0 Å². The Morgan fingerprint density at radius 1 is 1.12 bits per heavy atom. The molecule has 0 saturated carbocycles. The van der Waals surface area contributed by atoms with Crippen molar-refractivity contribution in [2.75, 3.05) is 26.3 Å². The lowest BCUT2D eigenvalue weighted by atomic mass is 10.2. The van der Waals surface area contributed by atoms with Crippen molar-refractivity contribution in [3.05, 3.63) is 59.2 Å². The average molecular weight is 373 g/mol. The molecule has 25 heavy (non-hydrogen) atoms. The van der Waals surface area contributed by atoms with Crippen LogP contribution in [-0.2, 0) is 4.74 Å². The first-order valence-electron chi connectivity index (χ1n) is 8.13. The smallest absolute Gasteiger partial charge is 0.271 e. The molecule has 0 spiro atoms. The van der Waals surface area contributed by atoms with E-state index < -0.39 is 0 Å². The van der Waals surface area contributed by atoms with Crippen LogP contribution in [0, 0.1) is 0 Å². The van der Waals surface area contributed by atoms with Gasteiger partial charge < -0.3 is 14.6 Å². The van der Waals surface area contributed by atoms with Crippen LogP contribution in [0.1, 0.15) is 10.5 Å². The number of amides is 1. The summed E-state index contributed by atoms with van der Waals surface area (Å²) in [5.41, 5.74) is 1.53. The quantitative estimate of drug-likeness (QED) is 0.739. The van der Waals surface area contributed by atoms with Crippen LogP contribution in [0.25, 0.3) is 10.9 Å². The summed E-state index contributed by atoms with van der Waals surface area (Å²) in [5.74, 6) is 0.00838. The Kier molecular flexibility index (Phi) is 4.70. The van der Waals surface area contributed by atoms with Crippen LogP contribution in [0.3, 0.4) is 0 Å². The van der Waals surface area contributed by atoms with Crippen molar-refractivity contribution in [3.63, 3.8) is 0 Å². The molecule has 6 heteroatoms. The molecule has 1 amide bonds. The molecule has 0 aliphatic carbocycles. The molecule has 0 atom stereocenters. The minimum Gasteiger partial charge on any atom is -0.378 e. The zero-order valence-corrected chi connectivity index (χ0v) is 15.1. The number of hydrogen-bond donors (Lipinski definition) is 1. The summed E-state index contributed by atoms with van der Waals surface area (Å²) in [7, 11) is 0. The fraction of sp³-hybridized carbons (Fsp3) is 0.211. The van der Waals surface area contributed by atoms with Gasteiger partial charge in [-0.3, -0.25) is 4.79 Å². The number of halogens is 1. The molecule has 4 nitrogen and oxygen atoms in total. The molecule has 1 fully saturated rings. The standard InChI is InChI=1S/C19H17ClN2O2S/c20-13-6-7-16-15(12-13)18(25-14-4-2-1-3-5-14)17(21-16)19(23)22-8-10-24-11-9-22/h1-7,12,21H,8-11H2. The van der Waals surface area contributed by atoms with Crippen molar-refractivity contribution < 1.29 is 9.53 Å². The molecule has 128 valence electrons. The van der Waals surface area contributed by atoms with Crippen molar-refractivity contribution in [3.8, 4) is 0 Å². The van der Waals surface area contributed by atoms with E-state index in [1.165, 1.54) is 0 Å². The highest BCUT2D eigenvalue weighted by Crippen LogP contribution is 2.38. The molecule has 1 aliphatic heterocycles. The number of benzene rings is 2. The number of rotatable bonds is 3. The summed E-state index contributed by atoms with van der Waals surface area (Å²) in [5, 5.41) is 1.63. The van der Waals surface area contributed by atoms with Crippen LogP contribution in [-0.4, -0.2) is 42.1 Å². The molecule has 2 heterocycles. The van der Waals surface area contributed by atoms with Crippen molar-refractivity contribution in [2.24, 2.45) is 0 Å². The van der Waals surface area contributed by atoms with Crippen molar-refractivity contribution in [2.45, 2.75) is 9.79 Å². The lowest BCUT2D eigenvalue weighted by Crippen LogP contribution is -2.41. The highest BCUT2D eigenvalue weighted by molar-refractivity contribution is 7.99. The van der Waals surface area contributed by atoms with Gasteiger partial charge in [0.05, 0.1) is 18.1 Å². The SMILES string of the molecule is O=C(c1[nH]c2ccc(Cl)cc2c1Sc1ccccc1)N1CCOCC1. The summed E-state index contributed by atoms with van der Waals surface area (Å²) in [6, 6.07) is 15.7. The van der Waals surface area contributed by atoms with E-state index in [-0.39, 0.29) is 5.91 Å². The predicted octanol–water partition coefficient (Wildman–Crippen LogP) is 4.44. The summed E-state index contributed by atoms with van der Waals surface area (Å²) in [6.45, 7) is 2.40. The lowest BCUT2D eigenvalue weighted by molar-refractivity contribution is 0.0297. The summed E-state index contributed by atoms with van der Waals surface area (Å²) in [4.78, 5) is 20.2. The zero-order valence-electron chi connectivity index (χ0n) is 13.5. The Hall–Kier alpha value is -1.95. The fourth-order valence-corrected chi connectivity index (χ4v) is 4.15. The Morgan fingerprint density at radius 2 is 1.88 bits per heavy atom. The average Bonchev–Trinajstić information content (AvgIpc) is 3.00. The van der Waals surface area contributed by atoms with Gasteiger partial charge in [-0.2, -0.15) is 0 Å². The molecule has 1 N–H and O–H groups in total. The summed E-state index contributed by atoms with van der Waals surface area (Å²) >= 11 is 7.78. The Labute approximate surface area is 155 Å². The molecule has 0 radical (unpaired) electrons. The van der Waals surface area contributed by atoms with Gasteiger partial charge >= 0.3 is 0 Å². The van der Waals surface area contributed by atoms with Gasteiger partial charge in [-0.15, -0.1) is 0 Å². The molecule has 3 aromatic rings. The lowest BCUT2D eigenvalue weighted by Gasteiger charge is -2.26. The van der Waals surface area contributed by atoms with Gasteiger partial charge in [-0.1, -0.05) is 41.6 Å². The number of aromatic amines is 1. The van der Waals surface area contributed by atoms with Crippen molar-refractivity contribution >= 4 is 40.2 Å². The normalized spacial score (nSPS) is 14.8. The van der Waals surface area contributed by atoms with Gasteiger partial charge in [0.25, 0.3) is 5.91 Å². The molecule has 1 aromatic heterocycles. The van der Waals surface area contributed by atoms with Crippen LogP contribution in [0.4, 0.5) is 0 Å². The topological polar surface area (TPSA) is 45.3 Å². The van der Waals surface area contributed by atoms with Crippen LogP contribution in [0.2, 0.25) is 5.02 Å². The summed E-state index contributed by atoms with van der Waals surface area (Å²) in [6.07, 6.45) is 0. The molecular formula is C19H17ClN2O2S. The molecule has 2 aromatic carbocycles. The van der Waals surface area contributed by atoms with E-state index in [1.54, 1.807) is 11.8 Å². The number of H-pyrrole nitrogens is 1. The van der Waals surface area contributed by atoms with Gasteiger partial charge in [-0.25, -0.2) is 0 Å². The van der Waals surface area contributed by atoms with Gasteiger partial charge in [0.2, 0.25) is 0 Å². The molecule has 0 bridgehead atoms. The van der Waals surface area contributed by atoms with Gasteiger partial charge in [0.15, 0.2) is 0 Å². The third kappa shape index (κ3) is 3.40. The zero-order chi connectivity index (χ0) is 17.2. The second-order valence-corrected chi connectivity index (χ2v) is 7.36. The number of ether oxygens (including phenoxy) is 1. The maximum absolute atomic E-state index is 13.1. The fourth-order valence-electron chi connectivity index (χ4n) is 2.93. The highest BCUT2D eigenvalue weighted by atomic mass is 35.5. The maximum atomic E-state index is 13.1. The molecule has 1 saturated heterocycles. The van der Waals surface area contributed by atoms with Crippen LogP contribution < -0.4 is 0 Å². The van der Waals surface area contributed by atoms with E-state index in [1.807, 2.05) is 53.4 Å². The number of aromatic nitrogens is 1. The summed E-state index contributed by atoms with van der Waals surface area (Å²) < 4.78 is 5.36. The minimum atomic E-state index is 0.00838. The maximum Gasteiger partial charge on any atom is 0.271 e. The monoisotopic (exact) mass is 372 g/mol. The third-order valence-corrected chi connectivity index (χ3v) is 5.56. The van der Waals surface area contributed by atoms with Crippen LogP contribution in [0.5, 0.6) is 0 Å². The van der Waals surface area contributed by atoms with E-state index in [9.17, 15) is 4.79 Å². The third-order valence-electron chi connectivity index (χ3n) is 4.19. The Balaban J connectivity index is 1.79. The highest BCUT2D eigenvalue weighted by Gasteiger charge is 2.25.